The molecule has 5 rings (SSSR count). The molecule has 1 aromatic carbocycles. The molecular weight excluding hydrogens is 390 g/mol. The minimum absolute atomic E-state index is 0.244. The van der Waals surface area contributed by atoms with Crippen molar-refractivity contribution >= 4 is 17.5 Å². The molecule has 1 aromatic heterocycles. The summed E-state index contributed by atoms with van der Waals surface area (Å²) >= 11 is 0. The number of benzene rings is 1. The Balaban J connectivity index is 1.28. The molecular formula is C24H31N5O2. The van der Waals surface area contributed by atoms with Gasteiger partial charge < -0.3 is 19.4 Å². The maximum Gasteiger partial charge on any atom is 0.233 e. The molecule has 3 aliphatic rings. The number of hydrogen-bond donors (Lipinski definition) is 0. The zero-order valence-electron chi connectivity index (χ0n) is 18.5. The van der Waals surface area contributed by atoms with E-state index < -0.39 is 5.41 Å². The Hall–Kier alpha value is -2.83. The standard InChI is InChI=1S/C24H31N5O2/c1-18-25-21(27-11-5-6-12-27)17-22(26-18)28-13-15-29(16-14-28)23(30)24(9-10-24)19-7-3-4-8-20(19)31-2/h3-4,7-8,17H,5-6,9-16H2,1-2H3. The van der Waals surface area contributed by atoms with Gasteiger partial charge in [-0.05, 0) is 38.7 Å². The van der Waals surface area contributed by atoms with Crippen LogP contribution in [0.1, 0.15) is 37.1 Å². The maximum atomic E-state index is 13.5. The third kappa shape index (κ3) is 3.70. The van der Waals surface area contributed by atoms with Crippen LogP contribution in [0.5, 0.6) is 5.75 Å². The molecule has 0 bridgehead atoms. The number of aryl methyl sites for hydroxylation is 1. The summed E-state index contributed by atoms with van der Waals surface area (Å²) in [6, 6.07) is 10.1. The molecule has 1 saturated carbocycles. The van der Waals surface area contributed by atoms with E-state index in [0.717, 1.165) is 80.9 Å². The second-order valence-corrected chi connectivity index (χ2v) is 8.89. The molecule has 3 heterocycles. The van der Waals surface area contributed by atoms with E-state index in [4.69, 9.17) is 9.72 Å². The molecule has 7 nitrogen and oxygen atoms in total. The van der Waals surface area contributed by atoms with Gasteiger partial charge in [0.25, 0.3) is 0 Å². The van der Waals surface area contributed by atoms with Crippen LogP contribution in [0.4, 0.5) is 11.6 Å². The number of rotatable bonds is 5. The second-order valence-electron chi connectivity index (χ2n) is 8.89. The van der Waals surface area contributed by atoms with Crippen LogP contribution in [0.15, 0.2) is 30.3 Å². The lowest BCUT2D eigenvalue weighted by Crippen LogP contribution is -2.52. The van der Waals surface area contributed by atoms with Gasteiger partial charge in [-0.15, -0.1) is 0 Å². The van der Waals surface area contributed by atoms with Gasteiger partial charge in [0.2, 0.25) is 5.91 Å². The van der Waals surface area contributed by atoms with E-state index in [-0.39, 0.29) is 5.91 Å². The summed E-state index contributed by atoms with van der Waals surface area (Å²) in [5, 5.41) is 0. The molecule has 1 aliphatic carbocycles. The van der Waals surface area contributed by atoms with E-state index in [1.54, 1.807) is 7.11 Å². The molecule has 31 heavy (non-hydrogen) atoms. The third-order valence-corrected chi connectivity index (χ3v) is 6.91. The minimum Gasteiger partial charge on any atom is -0.496 e. The van der Waals surface area contributed by atoms with E-state index in [0.29, 0.717) is 0 Å². The average molecular weight is 422 g/mol. The van der Waals surface area contributed by atoms with Gasteiger partial charge in [-0.3, -0.25) is 4.79 Å². The number of ether oxygens (including phenoxy) is 1. The quantitative estimate of drug-likeness (QED) is 0.740. The Labute approximate surface area is 184 Å². The predicted octanol–water partition coefficient (Wildman–Crippen LogP) is 2.77. The summed E-state index contributed by atoms with van der Waals surface area (Å²) < 4.78 is 5.55. The lowest BCUT2D eigenvalue weighted by atomic mass is 9.93. The number of methoxy groups -OCH3 is 1. The van der Waals surface area contributed by atoms with Gasteiger partial charge in [0.05, 0.1) is 12.5 Å². The van der Waals surface area contributed by atoms with Gasteiger partial charge in [-0.1, -0.05) is 18.2 Å². The van der Waals surface area contributed by atoms with Crippen molar-refractivity contribution in [2.75, 3.05) is 56.2 Å². The molecule has 0 radical (unpaired) electrons. The molecule has 2 aromatic rings. The summed E-state index contributed by atoms with van der Waals surface area (Å²) in [5.74, 6) is 3.89. The Bertz CT molecular complexity index is 960. The first-order valence-electron chi connectivity index (χ1n) is 11.4. The van der Waals surface area contributed by atoms with Crippen molar-refractivity contribution in [2.45, 2.75) is 38.0 Å². The molecule has 0 unspecified atom stereocenters. The first kappa shape index (κ1) is 20.1. The van der Waals surface area contributed by atoms with Crippen molar-refractivity contribution in [3.05, 3.63) is 41.7 Å². The van der Waals surface area contributed by atoms with E-state index in [2.05, 4.69) is 20.9 Å². The van der Waals surface area contributed by atoms with Crippen LogP contribution in [-0.4, -0.2) is 67.2 Å². The van der Waals surface area contributed by atoms with Crippen molar-refractivity contribution in [1.29, 1.82) is 0 Å². The highest BCUT2D eigenvalue weighted by Gasteiger charge is 2.54. The number of carbonyl (C=O) groups excluding carboxylic acids is 1. The molecule has 3 fully saturated rings. The van der Waals surface area contributed by atoms with Crippen molar-refractivity contribution in [3.63, 3.8) is 0 Å². The zero-order chi connectivity index (χ0) is 21.4. The van der Waals surface area contributed by atoms with Crippen molar-refractivity contribution in [3.8, 4) is 5.75 Å². The van der Waals surface area contributed by atoms with Crippen LogP contribution in [0, 0.1) is 6.92 Å². The Kier molecular flexibility index (Phi) is 5.20. The van der Waals surface area contributed by atoms with E-state index in [1.807, 2.05) is 36.1 Å². The number of anilines is 2. The van der Waals surface area contributed by atoms with E-state index in [9.17, 15) is 4.79 Å². The second kappa shape index (κ2) is 8.02. The van der Waals surface area contributed by atoms with E-state index in [1.165, 1.54) is 12.8 Å². The Morgan fingerprint density at radius 3 is 2.16 bits per heavy atom. The number of hydrogen-bond acceptors (Lipinski definition) is 6. The highest BCUT2D eigenvalue weighted by Crippen LogP contribution is 2.52. The summed E-state index contributed by atoms with van der Waals surface area (Å²) in [4.78, 5) is 29.5. The highest BCUT2D eigenvalue weighted by atomic mass is 16.5. The Morgan fingerprint density at radius 2 is 1.55 bits per heavy atom. The largest absolute Gasteiger partial charge is 0.496 e. The molecule has 164 valence electrons. The van der Waals surface area contributed by atoms with Crippen molar-refractivity contribution in [1.82, 2.24) is 14.9 Å². The topological polar surface area (TPSA) is 61.8 Å². The van der Waals surface area contributed by atoms with Crippen LogP contribution in [0.2, 0.25) is 0 Å². The summed E-state index contributed by atoms with van der Waals surface area (Å²) in [7, 11) is 1.68. The van der Waals surface area contributed by atoms with Crippen LogP contribution >= 0.6 is 0 Å². The third-order valence-electron chi connectivity index (χ3n) is 6.91. The van der Waals surface area contributed by atoms with Gasteiger partial charge in [-0.2, -0.15) is 0 Å². The normalized spacial score (nSPS) is 20.1. The number of para-hydroxylation sites is 1. The molecule has 0 atom stereocenters. The zero-order valence-corrected chi connectivity index (χ0v) is 18.5. The fourth-order valence-electron chi connectivity index (χ4n) is 5.01. The minimum atomic E-state index is -0.400. The number of nitrogens with zero attached hydrogens (tertiary/aromatic N) is 5. The lowest BCUT2D eigenvalue weighted by molar-refractivity contribution is -0.134. The smallest absolute Gasteiger partial charge is 0.233 e. The van der Waals surface area contributed by atoms with Gasteiger partial charge in [0, 0.05) is 50.9 Å². The van der Waals surface area contributed by atoms with Crippen LogP contribution in [0.25, 0.3) is 0 Å². The number of carbonyl (C=O) groups is 1. The lowest BCUT2D eigenvalue weighted by Gasteiger charge is -2.37. The van der Waals surface area contributed by atoms with Crippen molar-refractivity contribution in [2.24, 2.45) is 0 Å². The monoisotopic (exact) mass is 421 g/mol. The van der Waals surface area contributed by atoms with Crippen molar-refractivity contribution < 1.29 is 9.53 Å². The fraction of sp³-hybridized carbons (Fsp3) is 0.542. The maximum absolute atomic E-state index is 13.5. The molecule has 1 amide bonds. The molecule has 7 heteroatoms. The van der Waals surface area contributed by atoms with Crippen LogP contribution in [0.3, 0.4) is 0 Å². The first-order chi connectivity index (χ1) is 15.1. The number of amides is 1. The SMILES string of the molecule is COc1ccccc1C1(C(=O)N2CCN(c3cc(N4CCCC4)nc(C)n3)CC2)CC1. The van der Waals surface area contributed by atoms with Gasteiger partial charge in [0.1, 0.15) is 23.2 Å². The van der Waals surface area contributed by atoms with Gasteiger partial charge in [-0.25, -0.2) is 9.97 Å². The average Bonchev–Trinajstić information content (AvgIpc) is 3.43. The molecule has 2 aliphatic heterocycles. The Morgan fingerprint density at radius 1 is 0.935 bits per heavy atom. The summed E-state index contributed by atoms with van der Waals surface area (Å²) in [5.41, 5.74) is 0.634. The summed E-state index contributed by atoms with van der Waals surface area (Å²) in [6.45, 7) is 7.14. The molecule has 0 N–H and O–H groups in total. The highest BCUT2D eigenvalue weighted by molar-refractivity contribution is 5.92. The van der Waals surface area contributed by atoms with Crippen LogP contribution in [-0.2, 0) is 10.2 Å². The van der Waals surface area contributed by atoms with Gasteiger partial charge in [0.15, 0.2) is 0 Å². The fourth-order valence-corrected chi connectivity index (χ4v) is 5.01. The number of aromatic nitrogens is 2. The first-order valence-corrected chi connectivity index (χ1v) is 11.4. The van der Waals surface area contributed by atoms with Gasteiger partial charge >= 0.3 is 0 Å². The molecule has 0 spiro atoms. The van der Waals surface area contributed by atoms with E-state index >= 15 is 0 Å². The number of piperazine rings is 1. The predicted molar refractivity (Wildman–Crippen MR) is 121 cm³/mol. The summed E-state index contributed by atoms with van der Waals surface area (Å²) in [6.07, 6.45) is 4.26. The molecule has 2 saturated heterocycles. The van der Waals surface area contributed by atoms with Crippen LogP contribution < -0.4 is 14.5 Å².